The van der Waals surface area contributed by atoms with Gasteiger partial charge in [0.05, 0.1) is 18.2 Å². The third kappa shape index (κ3) is 6.00. The minimum Gasteiger partial charge on any atom is -0.507 e. The van der Waals surface area contributed by atoms with Crippen molar-refractivity contribution >= 4 is 28.8 Å². The first-order valence-corrected chi connectivity index (χ1v) is 13.8. The highest BCUT2D eigenvalue weighted by atomic mass is 16.5. The zero-order valence-corrected chi connectivity index (χ0v) is 23.3. The third-order valence-electron chi connectivity index (χ3n) is 7.20. The van der Waals surface area contributed by atoms with Crippen molar-refractivity contribution in [1.29, 1.82) is 0 Å². The Hall–Kier alpha value is -4.06. The largest absolute Gasteiger partial charge is 0.507 e. The summed E-state index contributed by atoms with van der Waals surface area (Å²) in [5, 5.41) is 11.4. The molecule has 3 aromatic rings. The monoisotopic (exact) mass is 526 g/mol. The Bertz CT molecular complexity index is 1320. The van der Waals surface area contributed by atoms with Gasteiger partial charge in [-0.25, -0.2) is 0 Å². The van der Waals surface area contributed by atoms with E-state index in [0.717, 1.165) is 49.2 Å². The van der Waals surface area contributed by atoms with Gasteiger partial charge in [-0.1, -0.05) is 49.6 Å². The molecule has 6 heteroatoms. The number of carbonyl (C=O) groups excluding carboxylic acids is 2. The van der Waals surface area contributed by atoms with E-state index in [1.807, 2.05) is 55.5 Å². The van der Waals surface area contributed by atoms with Crippen molar-refractivity contribution in [2.75, 3.05) is 29.5 Å². The van der Waals surface area contributed by atoms with Crippen LogP contribution in [0.4, 0.5) is 11.4 Å². The number of nitrogens with zero attached hydrogens (tertiary/aromatic N) is 2. The number of rotatable bonds is 11. The number of amides is 1. The second-order valence-corrected chi connectivity index (χ2v) is 9.85. The second kappa shape index (κ2) is 12.7. The molecule has 0 radical (unpaired) electrons. The SMILES string of the molecule is CCCCCOc1ccc(/C(O)=C2/C(=O)C(=O)N(c3ccc(N(CC)CC)cc3)C2c2cccc(C)c2)cc1. The Morgan fingerprint density at radius 3 is 2.23 bits per heavy atom. The highest BCUT2D eigenvalue weighted by molar-refractivity contribution is 6.51. The fraction of sp³-hybridized carbons (Fsp3) is 0.333. The van der Waals surface area contributed by atoms with E-state index in [4.69, 9.17) is 4.74 Å². The maximum absolute atomic E-state index is 13.5. The van der Waals surface area contributed by atoms with Crippen LogP contribution in [0.2, 0.25) is 0 Å². The Labute approximate surface area is 231 Å². The summed E-state index contributed by atoms with van der Waals surface area (Å²) < 4.78 is 5.80. The van der Waals surface area contributed by atoms with Crippen molar-refractivity contribution in [2.24, 2.45) is 0 Å². The predicted octanol–water partition coefficient (Wildman–Crippen LogP) is 7.04. The molecule has 1 aliphatic rings. The minimum absolute atomic E-state index is 0.0787. The average Bonchev–Trinajstić information content (AvgIpc) is 3.22. The summed E-state index contributed by atoms with van der Waals surface area (Å²) in [6.07, 6.45) is 3.21. The number of hydrogen-bond acceptors (Lipinski definition) is 5. The Balaban J connectivity index is 1.74. The van der Waals surface area contributed by atoms with Crippen LogP contribution in [0.25, 0.3) is 5.76 Å². The molecule has 1 saturated heterocycles. The molecule has 204 valence electrons. The lowest BCUT2D eigenvalue weighted by molar-refractivity contribution is -0.132. The van der Waals surface area contributed by atoms with Crippen molar-refractivity contribution < 1.29 is 19.4 Å². The van der Waals surface area contributed by atoms with Crippen LogP contribution in [0.15, 0.2) is 78.4 Å². The van der Waals surface area contributed by atoms with Crippen LogP contribution >= 0.6 is 0 Å². The maximum Gasteiger partial charge on any atom is 0.300 e. The molecule has 1 fully saturated rings. The summed E-state index contributed by atoms with van der Waals surface area (Å²) in [6, 6.07) is 21.6. The zero-order valence-electron chi connectivity index (χ0n) is 23.3. The fourth-order valence-electron chi connectivity index (χ4n) is 5.07. The van der Waals surface area contributed by atoms with Crippen LogP contribution in [0.5, 0.6) is 5.75 Å². The number of ether oxygens (including phenoxy) is 1. The van der Waals surface area contributed by atoms with Crippen molar-refractivity contribution in [1.82, 2.24) is 0 Å². The van der Waals surface area contributed by atoms with Gasteiger partial charge in [0.1, 0.15) is 11.5 Å². The van der Waals surface area contributed by atoms with Crippen LogP contribution in [-0.2, 0) is 9.59 Å². The molecule has 1 N–H and O–H groups in total. The minimum atomic E-state index is -0.755. The van der Waals surface area contributed by atoms with E-state index in [1.165, 1.54) is 4.90 Å². The molecular formula is C33H38N2O4. The summed E-state index contributed by atoms with van der Waals surface area (Å²) >= 11 is 0. The molecule has 0 aromatic heterocycles. The van der Waals surface area contributed by atoms with E-state index in [2.05, 4.69) is 25.7 Å². The third-order valence-corrected chi connectivity index (χ3v) is 7.20. The number of benzene rings is 3. The van der Waals surface area contributed by atoms with Crippen molar-refractivity contribution in [2.45, 2.75) is 53.0 Å². The topological polar surface area (TPSA) is 70.1 Å². The van der Waals surface area contributed by atoms with Gasteiger partial charge in [0.2, 0.25) is 0 Å². The molecule has 0 saturated carbocycles. The first-order chi connectivity index (χ1) is 18.9. The van der Waals surface area contributed by atoms with Gasteiger partial charge in [-0.05, 0) is 81.3 Å². The number of carbonyl (C=O) groups is 2. The molecule has 0 spiro atoms. The predicted molar refractivity (Wildman–Crippen MR) is 157 cm³/mol. The molecule has 1 amide bonds. The van der Waals surface area contributed by atoms with Crippen LogP contribution in [0.3, 0.4) is 0 Å². The van der Waals surface area contributed by atoms with Gasteiger partial charge in [0.15, 0.2) is 0 Å². The highest BCUT2D eigenvalue weighted by Gasteiger charge is 2.47. The Morgan fingerprint density at radius 2 is 1.62 bits per heavy atom. The number of Topliss-reactive ketones (excluding diaryl/α,β-unsaturated/α-hetero) is 1. The summed E-state index contributed by atoms with van der Waals surface area (Å²) in [6.45, 7) is 10.7. The molecule has 0 aliphatic carbocycles. The molecule has 1 atom stereocenters. The Kier molecular flexibility index (Phi) is 9.07. The number of aliphatic hydroxyl groups excluding tert-OH is 1. The van der Waals surface area contributed by atoms with Gasteiger partial charge in [0, 0.05) is 30.0 Å². The lowest BCUT2D eigenvalue weighted by Crippen LogP contribution is -2.29. The van der Waals surface area contributed by atoms with Crippen molar-refractivity contribution in [3.05, 3.63) is 95.1 Å². The van der Waals surface area contributed by atoms with E-state index < -0.39 is 17.7 Å². The van der Waals surface area contributed by atoms with Gasteiger partial charge in [0.25, 0.3) is 11.7 Å². The fourth-order valence-corrected chi connectivity index (χ4v) is 5.07. The normalized spacial score (nSPS) is 16.5. The lowest BCUT2D eigenvalue weighted by Gasteiger charge is -2.27. The van der Waals surface area contributed by atoms with Crippen LogP contribution in [0, 0.1) is 6.92 Å². The molecule has 4 rings (SSSR count). The van der Waals surface area contributed by atoms with E-state index in [0.29, 0.717) is 23.6 Å². The summed E-state index contributed by atoms with van der Waals surface area (Å²) in [5.74, 6) is -0.854. The molecule has 1 aliphatic heterocycles. The molecule has 1 heterocycles. The average molecular weight is 527 g/mol. The van der Waals surface area contributed by atoms with E-state index in [9.17, 15) is 14.7 Å². The molecule has 6 nitrogen and oxygen atoms in total. The van der Waals surface area contributed by atoms with Crippen molar-refractivity contribution in [3.63, 3.8) is 0 Å². The first-order valence-electron chi connectivity index (χ1n) is 13.8. The van der Waals surface area contributed by atoms with Crippen molar-refractivity contribution in [3.8, 4) is 5.75 Å². The highest BCUT2D eigenvalue weighted by Crippen LogP contribution is 2.42. The van der Waals surface area contributed by atoms with Crippen LogP contribution < -0.4 is 14.5 Å². The summed E-state index contributed by atoms with van der Waals surface area (Å²) in [4.78, 5) is 30.7. The molecular weight excluding hydrogens is 488 g/mol. The van der Waals surface area contributed by atoms with Crippen LogP contribution in [-0.4, -0.2) is 36.5 Å². The molecule has 39 heavy (non-hydrogen) atoms. The van der Waals surface area contributed by atoms with E-state index >= 15 is 0 Å². The Morgan fingerprint density at radius 1 is 0.923 bits per heavy atom. The quantitative estimate of drug-likeness (QED) is 0.126. The molecule has 0 bridgehead atoms. The zero-order chi connectivity index (χ0) is 27.9. The lowest BCUT2D eigenvalue weighted by atomic mass is 9.94. The van der Waals surface area contributed by atoms with E-state index in [1.54, 1.807) is 24.3 Å². The number of aliphatic hydroxyl groups is 1. The number of ketones is 1. The number of anilines is 2. The number of unbranched alkanes of at least 4 members (excludes halogenated alkanes) is 2. The summed E-state index contributed by atoms with van der Waals surface area (Å²) in [5.41, 5.74) is 3.95. The van der Waals surface area contributed by atoms with Crippen LogP contribution in [0.1, 0.15) is 62.8 Å². The number of hydrogen-bond donors (Lipinski definition) is 1. The number of aryl methyl sites for hydroxylation is 1. The van der Waals surface area contributed by atoms with Gasteiger partial charge in [-0.15, -0.1) is 0 Å². The molecule has 1 unspecified atom stereocenters. The van der Waals surface area contributed by atoms with Gasteiger partial charge in [-0.3, -0.25) is 14.5 Å². The maximum atomic E-state index is 13.5. The first kappa shape index (κ1) is 28.0. The summed E-state index contributed by atoms with van der Waals surface area (Å²) in [7, 11) is 0. The van der Waals surface area contributed by atoms with Gasteiger partial charge >= 0.3 is 0 Å². The van der Waals surface area contributed by atoms with E-state index in [-0.39, 0.29) is 11.3 Å². The molecule has 3 aromatic carbocycles. The second-order valence-electron chi connectivity index (χ2n) is 9.85. The standard InChI is InChI=1S/C33H38N2O4/c1-5-8-9-21-39-28-19-13-24(14-20-28)31(36)29-30(25-12-10-11-23(4)22-25)35(33(38)32(29)37)27-17-15-26(16-18-27)34(6-2)7-3/h10-20,22,30,36H,5-9,21H2,1-4H3/b31-29-. The van der Waals surface area contributed by atoms with Gasteiger partial charge < -0.3 is 14.7 Å². The van der Waals surface area contributed by atoms with Gasteiger partial charge in [-0.2, -0.15) is 0 Å². The smallest absolute Gasteiger partial charge is 0.300 e.